The summed E-state index contributed by atoms with van der Waals surface area (Å²) >= 11 is 1.61. The first-order valence-electron chi connectivity index (χ1n) is 6.94. The molecule has 1 aromatic carbocycles. The number of hydrogen-bond donors (Lipinski definition) is 1. The Morgan fingerprint density at radius 3 is 2.81 bits per heavy atom. The van der Waals surface area contributed by atoms with Gasteiger partial charge in [-0.15, -0.1) is 0 Å². The lowest BCUT2D eigenvalue weighted by Gasteiger charge is -2.22. The van der Waals surface area contributed by atoms with E-state index in [1.54, 1.807) is 24.3 Å². The summed E-state index contributed by atoms with van der Waals surface area (Å²) in [6.45, 7) is 2.19. The fraction of sp³-hybridized carbons (Fsp3) is 0.312. The maximum absolute atomic E-state index is 13.8. The summed E-state index contributed by atoms with van der Waals surface area (Å²) in [5, 5.41) is 4.03. The van der Waals surface area contributed by atoms with Gasteiger partial charge in [0.25, 0.3) is 5.91 Å². The first-order chi connectivity index (χ1) is 10.1. The van der Waals surface area contributed by atoms with Crippen molar-refractivity contribution < 1.29 is 9.18 Å². The Labute approximate surface area is 127 Å². The van der Waals surface area contributed by atoms with Crippen LogP contribution >= 0.6 is 11.3 Å². The number of amides is 1. The Morgan fingerprint density at radius 2 is 2.24 bits per heavy atom. The summed E-state index contributed by atoms with van der Waals surface area (Å²) < 4.78 is 13.8. The second-order valence-electron chi connectivity index (χ2n) is 5.47. The highest BCUT2D eigenvalue weighted by molar-refractivity contribution is 7.07. The molecule has 1 fully saturated rings. The van der Waals surface area contributed by atoms with Crippen LogP contribution in [0.4, 0.5) is 10.1 Å². The van der Waals surface area contributed by atoms with Crippen LogP contribution in [0.1, 0.15) is 34.3 Å². The molecule has 2 N–H and O–H groups in total. The average molecular weight is 304 g/mol. The number of benzene rings is 1. The molecule has 0 atom stereocenters. The van der Waals surface area contributed by atoms with Crippen LogP contribution in [0.15, 0.2) is 29.0 Å². The molecule has 1 aliphatic rings. The molecule has 0 spiro atoms. The van der Waals surface area contributed by atoms with Gasteiger partial charge in [-0.25, -0.2) is 4.39 Å². The minimum Gasteiger partial charge on any atom is -0.398 e. The molecular formula is C16H17FN2OS. The first-order valence-corrected chi connectivity index (χ1v) is 7.88. The number of carbonyl (C=O) groups is 1. The molecule has 1 amide bonds. The second kappa shape index (κ2) is 5.48. The maximum atomic E-state index is 13.8. The Kier molecular flexibility index (Phi) is 3.68. The molecule has 0 radical (unpaired) electrons. The molecule has 0 aliphatic heterocycles. The number of thiophene rings is 1. The standard InChI is InChI=1S/C16H17FN2OS/c1-10-14(17)6-12(7-15(10)18)16(20)19(13-2-3-13)8-11-4-5-21-9-11/h4-7,9,13H,2-3,8,18H2,1H3. The van der Waals surface area contributed by atoms with Gasteiger partial charge in [0.05, 0.1) is 0 Å². The molecule has 110 valence electrons. The van der Waals surface area contributed by atoms with Gasteiger partial charge in [-0.05, 0) is 54.3 Å². The Balaban J connectivity index is 1.87. The zero-order valence-corrected chi connectivity index (χ0v) is 12.6. The Hall–Kier alpha value is -1.88. The lowest BCUT2D eigenvalue weighted by Crippen LogP contribution is -2.32. The molecule has 3 nitrogen and oxygen atoms in total. The van der Waals surface area contributed by atoms with Crippen molar-refractivity contribution in [3.05, 3.63) is 51.5 Å². The van der Waals surface area contributed by atoms with Crippen molar-refractivity contribution in [2.24, 2.45) is 0 Å². The van der Waals surface area contributed by atoms with E-state index in [4.69, 9.17) is 5.73 Å². The van der Waals surface area contributed by atoms with E-state index in [1.165, 1.54) is 6.07 Å². The molecule has 5 heteroatoms. The predicted molar refractivity (Wildman–Crippen MR) is 82.8 cm³/mol. The third-order valence-corrected chi connectivity index (χ3v) is 4.55. The van der Waals surface area contributed by atoms with Gasteiger partial charge < -0.3 is 10.6 Å². The number of nitrogen functional groups attached to an aromatic ring is 1. The van der Waals surface area contributed by atoms with Crippen molar-refractivity contribution in [1.29, 1.82) is 0 Å². The van der Waals surface area contributed by atoms with Crippen LogP contribution in [0.5, 0.6) is 0 Å². The highest BCUT2D eigenvalue weighted by Crippen LogP contribution is 2.31. The number of hydrogen-bond acceptors (Lipinski definition) is 3. The zero-order valence-electron chi connectivity index (χ0n) is 11.8. The number of rotatable bonds is 4. The molecule has 21 heavy (non-hydrogen) atoms. The SMILES string of the molecule is Cc1c(N)cc(C(=O)N(Cc2ccsc2)C2CC2)cc1F. The van der Waals surface area contributed by atoms with Gasteiger partial charge in [0, 0.05) is 29.4 Å². The van der Waals surface area contributed by atoms with Gasteiger partial charge in [0.15, 0.2) is 0 Å². The Bertz CT molecular complexity index is 642. The van der Waals surface area contributed by atoms with Crippen LogP contribution in [-0.4, -0.2) is 16.8 Å². The summed E-state index contributed by atoms with van der Waals surface area (Å²) in [5.41, 5.74) is 7.94. The first kappa shape index (κ1) is 14.1. The molecule has 0 unspecified atom stereocenters. The van der Waals surface area contributed by atoms with Crippen LogP contribution in [0.3, 0.4) is 0 Å². The second-order valence-corrected chi connectivity index (χ2v) is 6.25. The molecule has 1 aromatic heterocycles. The average Bonchev–Trinajstić information content (AvgIpc) is 3.17. The van der Waals surface area contributed by atoms with E-state index in [9.17, 15) is 9.18 Å². The van der Waals surface area contributed by atoms with E-state index in [-0.39, 0.29) is 11.9 Å². The summed E-state index contributed by atoms with van der Waals surface area (Å²) in [4.78, 5) is 14.5. The summed E-state index contributed by atoms with van der Waals surface area (Å²) in [5.74, 6) is -0.570. The van der Waals surface area contributed by atoms with E-state index >= 15 is 0 Å². The molecule has 0 saturated heterocycles. The van der Waals surface area contributed by atoms with Crippen LogP contribution in [-0.2, 0) is 6.54 Å². The maximum Gasteiger partial charge on any atom is 0.254 e. The zero-order chi connectivity index (χ0) is 15.0. The van der Waals surface area contributed by atoms with Gasteiger partial charge >= 0.3 is 0 Å². The number of anilines is 1. The van der Waals surface area contributed by atoms with Crippen molar-refractivity contribution in [2.75, 3.05) is 5.73 Å². The van der Waals surface area contributed by atoms with E-state index < -0.39 is 5.82 Å². The molecule has 1 heterocycles. The lowest BCUT2D eigenvalue weighted by atomic mass is 10.1. The van der Waals surface area contributed by atoms with E-state index in [0.717, 1.165) is 18.4 Å². The quantitative estimate of drug-likeness (QED) is 0.878. The minimum atomic E-state index is -0.426. The molecule has 0 bridgehead atoms. The lowest BCUT2D eigenvalue weighted by molar-refractivity contribution is 0.0729. The fourth-order valence-electron chi connectivity index (χ4n) is 2.32. The van der Waals surface area contributed by atoms with Crippen molar-refractivity contribution in [3.8, 4) is 0 Å². The smallest absolute Gasteiger partial charge is 0.254 e. The molecule has 1 aliphatic carbocycles. The summed E-state index contributed by atoms with van der Waals surface area (Å²) in [7, 11) is 0. The topological polar surface area (TPSA) is 46.3 Å². The number of nitrogens with zero attached hydrogens (tertiary/aromatic N) is 1. The molecule has 3 rings (SSSR count). The Morgan fingerprint density at radius 1 is 1.48 bits per heavy atom. The van der Waals surface area contributed by atoms with Crippen LogP contribution in [0.25, 0.3) is 0 Å². The number of halogens is 1. The van der Waals surface area contributed by atoms with E-state index in [1.807, 2.05) is 21.7 Å². The highest BCUT2D eigenvalue weighted by atomic mass is 32.1. The van der Waals surface area contributed by atoms with Gasteiger partial charge in [-0.2, -0.15) is 11.3 Å². The van der Waals surface area contributed by atoms with Crippen molar-refractivity contribution in [3.63, 3.8) is 0 Å². The van der Waals surface area contributed by atoms with E-state index in [2.05, 4.69) is 0 Å². The van der Waals surface area contributed by atoms with Crippen molar-refractivity contribution >= 4 is 22.9 Å². The predicted octanol–water partition coefficient (Wildman–Crippen LogP) is 3.58. The van der Waals surface area contributed by atoms with E-state index in [0.29, 0.717) is 23.4 Å². The van der Waals surface area contributed by atoms with Gasteiger partial charge in [0.2, 0.25) is 0 Å². The third kappa shape index (κ3) is 2.93. The molecular weight excluding hydrogens is 287 g/mol. The van der Waals surface area contributed by atoms with Gasteiger partial charge in [0.1, 0.15) is 5.82 Å². The minimum absolute atomic E-state index is 0.144. The number of carbonyl (C=O) groups excluding carboxylic acids is 1. The fourth-order valence-corrected chi connectivity index (χ4v) is 2.98. The van der Waals surface area contributed by atoms with Crippen LogP contribution in [0, 0.1) is 12.7 Å². The van der Waals surface area contributed by atoms with Crippen molar-refractivity contribution in [1.82, 2.24) is 4.90 Å². The van der Waals surface area contributed by atoms with Gasteiger partial charge in [-0.1, -0.05) is 0 Å². The van der Waals surface area contributed by atoms with Crippen LogP contribution < -0.4 is 5.73 Å². The summed E-state index contributed by atoms with van der Waals surface area (Å²) in [6.07, 6.45) is 2.03. The largest absolute Gasteiger partial charge is 0.398 e. The third-order valence-electron chi connectivity index (χ3n) is 3.81. The van der Waals surface area contributed by atoms with Gasteiger partial charge in [-0.3, -0.25) is 4.79 Å². The highest BCUT2D eigenvalue weighted by Gasteiger charge is 2.33. The summed E-state index contributed by atoms with van der Waals surface area (Å²) in [6, 6.07) is 5.14. The normalized spacial score (nSPS) is 14.2. The number of nitrogens with two attached hydrogens (primary N) is 1. The van der Waals surface area contributed by atoms with Crippen LogP contribution in [0.2, 0.25) is 0 Å². The monoisotopic (exact) mass is 304 g/mol. The van der Waals surface area contributed by atoms with Crippen molar-refractivity contribution in [2.45, 2.75) is 32.4 Å². The molecule has 2 aromatic rings. The molecule has 1 saturated carbocycles.